The van der Waals surface area contributed by atoms with Gasteiger partial charge >= 0.3 is 6.03 Å². The van der Waals surface area contributed by atoms with Gasteiger partial charge in [0.15, 0.2) is 0 Å². The standard InChI is InChI=1S/C25H20F5N3O2/c1-13-19-4-3-15(24(34)31-11-20-21(29)9-18(28)10-22(20)30)7-23(19)33(25(35)32(13)2)12-14-5-16(26)8-17(27)6-14/h3-10,13H,11-12H2,1-2H3,(H,31,34). The van der Waals surface area contributed by atoms with Crippen LogP contribution in [0.1, 0.15) is 40.0 Å². The number of rotatable bonds is 5. The summed E-state index contributed by atoms with van der Waals surface area (Å²) in [6.45, 7) is 1.10. The third kappa shape index (κ3) is 4.82. The second-order valence-electron chi connectivity index (χ2n) is 8.24. The van der Waals surface area contributed by atoms with Crippen LogP contribution in [0.15, 0.2) is 48.5 Å². The summed E-state index contributed by atoms with van der Waals surface area (Å²) in [5.41, 5.74) is 0.847. The van der Waals surface area contributed by atoms with Crippen molar-refractivity contribution in [2.75, 3.05) is 11.9 Å². The van der Waals surface area contributed by atoms with Crippen LogP contribution < -0.4 is 10.2 Å². The van der Waals surface area contributed by atoms with Crippen molar-refractivity contribution < 1.29 is 31.5 Å². The number of urea groups is 1. The minimum atomic E-state index is -1.13. The Morgan fingerprint density at radius 2 is 1.51 bits per heavy atom. The molecule has 3 amide bonds. The average Bonchev–Trinajstić information content (AvgIpc) is 2.78. The fourth-order valence-corrected chi connectivity index (χ4v) is 3.99. The Kier molecular flexibility index (Phi) is 6.47. The lowest BCUT2D eigenvalue weighted by molar-refractivity contribution is 0.0950. The number of halogens is 5. The smallest absolute Gasteiger partial charge is 0.325 e. The van der Waals surface area contributed by atoms with E-state index in [1.165, 1.54) is 21.9 Å². The number of benzene rings is 3. The van der Waals surface area contributed by atoms with E-state index in [0.29, 0.717) is 23.4 Å². The highest BCUT2D eigenvalue weighted by Gasteiger charge is 2.33. The first kappa shape index (κ1) is 24.2. The van der Waals surface area contributed by atoms with Crippen molar-refractivity contribution in [3.8, 4) is 0 Å². The molecule has 182 valence electrons. The molecule has 0 aliphatic carbocycles. The highest BCUT2D eigenvalue weighted by molar-refractivity contribution is 5.99. The summed E-state index contributed by atoms with van der Waals surface area (Å²) in [5, 5.41) is 2.38. The van der Waals surface area contributed by atoms with Crippen molar-refractivity contribution in [3.05, 3.63) is 99.9 Å². The van der Waals surface area contributed by atoms with Crippen LogP contribution in [0.4, 0.5) is 32.4 Å². The molecule has 35 heavy (non-hydrogen) atoms. The minimum Gasteiger partial charge on any atom is -0.348 e. The summed E-state index contributed by atoms with van der Waals surface area (Å²) in [6, 6.07) is 7.73. The van der Waals surface area contributed by atoms with Crippen LogP contribution >= 0.6 is 0 Å². The molecule has 0 radical (unpaired) electrons. The van der Waals surface area contributed by atoms with Gasteiger partial charge in [-0.05, 0) is 42.3 Å². The summed E-state index contributed by atoms with van der Waals surface area (Å²) < 4.78 is 68.3. The van der Waals surface area contributed by atoms with Gasteiger partial charge in [0.25, 0.3) is 5.91 Å². The molecule has 1 aliphatic heterocycles. The zero-order valence-corrected chi connectivity index (χ0v) is 18.7. The first-order chi connectivity index (χ1) is 16.5. The molecule has 3 aromatic carbocycles. The third-order valence-electron chi connectivity index (χ3n) is 5.94. The number of carbonyl (C=O) groups excluding carboxylic acids is 2. The van der Waals surface area contributed by atoms with Crippen LogP contribution in [0.5, 0.6) is 0 Å². The van der Waals surface area contributed by atoms with Crippen molar-refractivity contribution in [3.63, 3.8) is 0 Å². The van der Waals surface area contributed by atoms with E-state index in [4.69, 9.17) is 0 Å². The summed E-state index contributed by atoms with van der Waals surface area (Å²) in [4.78, 5) is 28.5. The van der Waals surface area contributed by atoms with Crippen LogP contribution in [0.3, 0.4) is 0 Å². The molecule has 1 N–H and O–H groups in total. The van der Waals surface area contributed by atoms with E-state index < -0.39 is 53.1 Å². The SMILES string of the molecule is CC1c2ccc(C(=O)NCc3c(F)cc(F)cc3F)cc2N(Cc2cc(F)cc(F)c2)C(=O)N1C. The molecule has 0 bridgehead atoms. The first-order valence-corrected chi connectivity index (χ1v) is 10.6. The number of hydrogen-bond donors (Lipinski definition) is 1. The number of nitrogens with zero attached hydrogens (tertiary/aromatic N) is 2. The number of amides is 3. The number of carbonyl (C=O) groups is 2. The maximum absolute atomic E-state index is 13.9. The number of fused-ring (bicyclic) bond motifs is 1. The Morgan fingerprint density at radius 3 is 2.14 bits per heavy atom. The summed E-state index contributed by atoms with van der Waals surface area (Å²) >= 11 is 0. The van der Waals surface area contributed by atoms with Crippen molar-refractivity contribution in [2.45, 2.75) is 26.1 Å². The van der Waals surface area contributed by atoms with Gasteiger partial charge in [0.1, 0.15) is 29.1 Å². The van der Waals surface area contributed by atoms with Crippen LogP contribution in [-0.4, -0.2) is 23.9 Å². The van der Waals surface area contributed by atoms with Crippen molar-refractivity contribution in [1.82, 2.24) is 10.2 Å². The Bertz CT molecular complexity index is 1290. The van der Waals surface area contributed by atoms with Crippen LogP contribution in [0.25, 0.3) is 0 Å². The van der Waals surface area contributed by atoms with E-state index >= 15 is 0 Å². The Hall–Kier alpha value is -3.95. The van der Waals surface area contributed by atoms with Gasteiger partial charge in [-0.15, -0.1) is 0 Å². The maximum atomic E-state index is 13.9. The lowest BCUT2D eigenvalue weighted by Crippen LogP contribution is -2.46. The van der Waals surface area contributed by atoms with Gasteiger partial charge in [-0.1, -0.05) is 6.07 Å². The summed E-state index contributed by atoms with van der Waals surface area (Å²) in [7, 11) is 1.58. The van der Waals surface area contributed by atoms with E-state index in [9.17, 15) is 31.5 Å². The maximum Gasteiger partial charge on any atom is 0.325 e. The first-order valence-electron chi connectivity index (χ1n) is 10.6. The molecule has 1 unspecified atom stereocenters. The van der Waals surface area contributed by atoms with Gasteiger partial charge in [-0.25, -0.2) is 26.7 Å². The van der Waals surface area contributed by atoms with Gasteiger partial charge in [0.05, 0.1) is 18.3 Å². The summed E-state index contributed by atoms with van der Waals surface area (Å²) in [6.07, 6.45) is 0. The summed E-state index contributed by atoms with van der Waals surface area (Å²) in [5.74, 6) is -5.62. The fraction of sp³-hybridized carbons (Fsp3) is 0.200. The molecule has 1 heterocycles. The monoisotopic (exact) mass is 489 g/mol. The van der Waals surface area contributed by atoms with Gasteiger partial charge in [0, 0.05) is 42.9 Å². The lowest BCUT2D eigenvalue weighted by atomic mass is 9.98. The van der Waals surface area contributed by atoms with Crippen molar-refractivity contribution >= 4 is 17.6 Å². The van der Waals surface area contributed by atoms with E-state index in [-0.39, 0.29) is 23.7 Å². The molecular weight excluding hydrogens is 469 g/mol. The second-order valence-corrected chi connectivity index (χ2v) is 8.24. The topological polar surface area (TPSA) is 52.7 Å². The zero-order chi connectivity index (χ0) is 25.4. The molecule has 0 fully saturated rings. The number of anilines is 1. The van der Waals surface area contributed by atoms with E-state index in [1.54, 1.807) is 20.0 Å². The molecule has 3 aromatic rings. The van der Waals surface area contributed by atoms with E-state index in [0.717, 1.165) is 18.2 Å². The minimum absolute atomic E-state index is 0.0895. The molecule has 0 saturated heterocycles. The molecule has 10 heteroatoms. The predicted octanol–water partition coefficient (Wildman–Crippen LogP) is 5.45. The molecular formula is C25H20F5N3O2. The largest absolute Gasteiger partial charge is 0.348 e. The number of hydrogen-bond acceptors (Lipinski definition) is 2. The molecule has 0 saturated carbocycles. The molecule has 0 aromatic heterocycles. The van der Waals surface area contributed by atoms with Gasteiger partial charge in [-0.2, -0.15) is 0 Å². The van der Waals surface area contributed by atoms with Crippen LogP contribution in [-0.2, 0) is 13.1 Å². The lowest BCUT2D eigenvalue weighted by Gasteiger charge is -2.39. The molecule has 1 atom stereocenters. The molecule has 4 rings (SSSR count). The van der Waals surface area contributed by atoms with Crippen molar-refractivity contribution in [2.24, 2.45) is 0 Å². The highest BCUT2D eigenvalue weighted by Crippen LogP contribution is 2.37. The second kappa shape index (κ2) is 9.36. The average molecular weight is 489 g/mol. The quantitative estimate of drug-likeness (QED) is 0.485. The molecule has 5 nitrogen and oxygen atoms in total. The fourth-order valence-electron chi connectivity index (χ4n) is 3.99. The third-order valence-corrected chi connectivity index (χ3v) is 5.94. The van der Waals surface area contributed by atoms with Gasteiger partial charge in [0.2, 0.25) is 0 Å². The predicted molar refractivity (Wildman–Crippen MR) is 118 cm³/mol. The van der Waals surface area contributed by atoms with Gasteiger partial charge < -0.3 is 10.2 Å². The zero-order valence-electron chi connectivity index (χ0n) is 18.7. The van der Waals surface area contributed by atoms with E-state index in [1.807, 2.05) is 0 Å². The Balaban J connectivity index is 1.63. The normalized spacial score (nSPS) is 15.3. The van der Waals surface area contributed by atoms with Gasteiger partial charge in [-0.3, -0.25) is 9.69 Å². The molecule has 0 spiro atoms. The Labute approximate surface area is 197 Å². The van der Waals surface area contributed by atoms with Crippen LogP contribution in [0, 0.1) is 29.1 Å². The number of nitrogens with one attached hydrogen (secondary N) is 1. The van der Waals surface area contributed by atoms with E-state index in [2.05, 4.69) is 5.32 Å². The van der Waals surface area contributed by atoms with Crippen molar-refractivity contribution in [1.29, 1.82) is 0 Å². The molecule has 1 aliphatic rings. The Morgan fingerprint density at radius 1 is 0.914 bits per heavy atom. The highest BCUT2D eigenvalue weighted by atomic mass is 19.2. The van der Waals surface area contributed by atoms with Crippen LogP contribution in [0.2, 0.25) is 0 Å².